The van der Waals surface area contributed by atoms with Crippen molar-refractivity contribution in [1.29, 1.82) is 0 Å². The van der Waals surface area contributed by atoms with E-state index in [1.807, 2.05) is 62.4 Å². The average molecular weight is 401 g/mol. The van der Waals surface area contributed by atoms with Crippen LogP contribution in [0.4, 0.5) is 10.5 Å². The van der Waals surface area contributed by atoms with E-state index in [0.29, 0.717) is 18.8 Å². The molecule has 2 aromatic carbocycles. The summed E-state index contributed by atoms with van der Waals surface area (Å²) >= 11 is 0. The van der Waals surface area contributed by atoms with E-state index in [1.54, 1.807) is 9.80 Å². The Morgan fingerprint density at radius 2 is 1.79 bits per heavy atom. The molecule has 0 spiro atoms. The van der Waals surface area contributed by atoms with Gasteiger partial charge in [0.25, 0.3) is 0 Å². The lowest BCUT2D eigenvalue weighted by Gasteiger charge is -2.23. The van der Waals surface area contributed by atoms with Gasteiger partial charge in [-0.05, 0) is 43.7 Å². The molecule has 0 bridgehead atoms. The Balaban J connectivity index is 1.66. The highest BCUT2D eigenvalue weighted by molar-refractivity contribution is 7.91. The minimum atomic E-state index is -3.18. The normalized spacial score (nSPS) is 23.1. The Morgan fingerprint density at radius 1 is 1.07 bits per heavy atom. The van der Waals surface area contributed by atoms with E-state index in [0.717, 1.165) is 16.9 Å². The number of hydrogen-bond donors (Lipinski definition) is 0. The van der Waals surface area contributed by atoms with Crippen LogP contribution in [0.3, 0.4) is 0 Å². The number of hydrogen-bond acceptors (Lipinski definition) is 4. The first kappa shape index (κ1) is 18.8. The van der Waals surface area contributed by atoms with Gasteiger partial charge in [-0.25, -0.2) is 13.2 Å². The maximum atomic E-state index is 13.3. The van der Waals surface area contributed by atoms with E-state index in [4.69, 9.17) is 4.74 Å². The van der Waals surface area contributed by atoms with Gasteiger partial charge in [-0.1, -0.05) is 29.8 Å². The second kappa shape index (κ2) is 7.13. The molecule has 0 aromatic heterocycles. The molecule has 2 fully saturated rings. The van der Waals surface area contributed by atoms with Crippen LogP contribution in [-0.2, 0) is 16.4 Å². The number of ether oxygens (including phenoxy) is 1. The molecule has 2 amide bonds. The van der Waals surface area contributed by atoms with Gasteiger partial charge in [0.1, 0.15) is 5.75 Å². The fourth-order valence-electron chi connectivity index (χ4n) is 4.14. The number of fused-ring (bicyclic) bond motifs is 1. The number of urea groups is 1. The molecule has 2 saturated heterocycles. The Morgan fingerprint density at radius 3 is 2.46 bits per heavy atom. The molecule has 2 aromatic rings. The molecule has 2 aliphatic rings. The predicted molar refractivity (Wildman–Crippen MR) is 108 cm³/mol. The molecule has 148 valence electrons. The summed E-state index contributed by atoms with van der Waals surface area (Å²) in [5, 5.41) is 0. The summed E-state index contributed by atoms with van der Waals surface area (Å²) in [5.74, 6) is 0.744. The zero-order valence-electron chi connectivity index (χ0n) is 16.0. The molecular formula is C21H24N2O4S. The molecule has 6 nitrogen and oxygen atoms in total. The van der Waals surface area contributed by atoms with E-state index in [9.17, 15) is 13.2 Å². The number of rotatable bonds is 5. The van der Waals surface area contributed by atoms with E-state index in [1.165, 1.54) is 0 Å². The van der Waals surface area contributed by atoms with Crippen molar-refractivity contribution in [3.8, 4) is 5.75 Å². The molecule has 2 atom stereocenters. The summed E-state index contributed by atoms with van der Waals surface area (Å²) in [6, 6.07) is 14.4. The monoisotopic (exact) mass is 400 g/mol. The van der Waals surface area contributed by atoms with E-state index in [2.05, 4.69) is 0 Å². The molecule has 4 rings (SSSR count). The summed E-state index contributed by atoms with van der Waals surface area (Å²) in [4.78, 5) is 16.6. The quantitative estimate of drug-likeness (QED) is 0.724. The van der Waals surface area contributed by atoms with Gasteiger partial charge in [0.05, 0.1) is 30.2 Å². The van der Waals surface area contributed by atoms with Crippen molar-refractivity contribution < 1.29 is 17.9 Å². The number of anilines is 1. The molecule has 0 saturated carbocycles. The molecule has 0 unspecified atom stereocenters. The Labute approximate surface area is 165 Å². The Kier molecular flexibility index (Phi) is 4.79. The van der Waals surface area contributed by atoms with Crippen LogP contribution >= 0.6 is 0 Å². The van der Waals surface area contributed by atoms with Crippen LogP contribution in [0.5, 0.6) is 5.75 Å². The van der Waals surface area contributed by atoms with Crippen molar-refractivity contribution in [2.24, 2.45) is 0 Å². The summed E-state index contributed by atoms with van der Waals surface area (Å²) in [6.07, 6.45) is 0. The van der Waals surface area contributed by atoms with Crippen LogP contribution in [0.2, 0.25) is 0 Å². The van der Waals surface area contributed by atoms with E-state index in [-0.39, 0.29) is 29.6 Å². The summed E-state index contributed by atoms with van der Waals surface area (Å²) in [5.41, 5.74) is 2.82. The molecule has 7 heteroatoms. The van der Waals surface area contributed by atoms with Crippen molar-refractivity contribution in [2.75, 3.05) is 23.0 Å². The van der Waals surface area contributed by atoms with Gasteiger partial charge in [0.2, 0.25) is 0 Å². The van der Waals surface area contributed by atoms with Gasteiger partial charge in [-0.3, -0.25) is 4.90 Å². The number of amides is 2. The van der Waals surface area contributed by atoms with Crippen molar-refractivity contribution in [3.05, 3.63) is 59.7 Å². The van der Waals surface area contributed by atoms with Crippen LogP contribution < -0.4 is 9.64 Å². The van der Waals surface area contributed by atoms with Crippen molar-refractivity contribution in [3.63, 3.8) is 0 Å². The summed E-state index contributed by atoms with van der Waals surface area (Å²) in [6.45, 7) is 4.89. The molecule has 28 heavy (non-hydrogen) atoms. The smallest absolute Gasteiger partial charge is 0.325 e. The highest BCUT2D eigenvalue weighted by atomic mass is 32.2. The van der Waals surface area contributed by atoms with Gasteiger partial charge in [-0.15, -0.1) is 0 Å². The number of aryl methyl sites for hydroxylation is 1. The van der Waals surface area contributed by atoms with Crippen molar-refractivity contribution >= 4 is 21.6 Å². The van der Waals surface area contributed by atoms with Crippen LogP contribution in [0.15, 0.2) is 48.5 Å². The van der Waals surface area contributed by atoms with Gasteiger partial charge in [-0.2, -0.15) is 0 Å². The maximum Gasteiger partial charge on any atom is 0.325 e. The zero-order valence-corrected chi connectivity index (χ0v) is 16.9. The molecule has 0 radical (unpaired) electrons. The third-order valence-corrected chi connectivity index (χ3v) is 7.04. The lowest BCUT2D eigenvalue weighted by molar-refractivity contribution is 0.206. The standard InChI is InChI=1S/C21H24N2O4S/c1-3-27-18-9-7-17(8-10-18)23-20-14-28(25,26)13-19(20)22(21(23)24)12-16-6-4-5-15(2)11-16/h4-11,19-20H,3,12-14H2,1-2H3/t19-,20-/m1/s1. The van der Waals surface area contributed by atoms with E-state index >= 15 is 0 Å². The maximum absolute atomic E-state index is 13.3. The van der Waals surface area contributed by atoms with Crippen molar-refractivity contribution in [2.45, 2.75) is 32.5 Å². The predicted octanol–water partition coefficient (Wildman–Crippen LogP) is 3.00. The first-order valence-electron chi connectivity index (χ1n) is 9.46. The minimum absolute atomic E-state index is 0.000928. The second-order valence-corrected chi connectivity index (χ2v) is 9.56. The first-order chi connectivity index (χ1) is 13.4. The lowest BCUT2D eigenvalue weighted by Crippen LogP contribution is -2.37. The number of nitrogens with zero attached hydrogens (tertiary/aromatic N) is 2. The highest BCUT2D eigenvalue weighted by Crippen LogP contribution is 2.36. The SMILES string of the molecule is CCOc1ccc(N2C(=O)N(Cc3cccc(C)c3)[C@@H]3CS(=O)(=O)C[C@H]32)cc1. The summed E-state index contributed by atoms with van der Waals surface area (Å²) < 4.78 is 30.1. The molecule has 0 N–H and O–H groups in total. The number of sulfone groups is 1. The average Bonchev–Trinajstić information content (AvgIpc) is 3.07. The van der Waals surface area contributed by atoms with Crippen LogP contribution in [0.1, 0.15) is 18.1 Å². The van der Waals surface area contributed by atoms with Crippen molar-refractivity contribution in [1.82, 2.24) is 4.90 Å². The van der Waals surface area contributed by atoms with Gasteiger partial charge >= 0.3 is 6.03 Å². The molecular weight excluding hydrogens is 376 g/mol. The largest absolute Gasteiger partial charge is 0.494 e. The third kappa shape index (κ3) is 3.46. The molecule has 2 aliphatic heterocycles. The lowest BCUT2D eigenvalue weighted by atomic mass is 10.1. The Hall–Kier alpha value is -2.54. The van der Waals surface area contributed by atoms with Crippen LogP contribution in [0.25, 0.3) is 0 Å². The van der Waals surface area contributed by atoms with Crippen LogP contribution in [-0.4, -0.2) is 49.5 Å². The van der Waals surface area contributed by atoms with Gasteiger partial charge in [0.15, 0.2) is 9.84 Å². The van der Waals surface area contributed by atoms with Crippen LogP contribution in [0, 0.1) is 6.92 Å². The second-order valence-electron chi connectivity index (χ2n) is 7.41. The molecule has 2 heterocycles. The fourth-order valence-corrected chi connectivity index (χ4v) is 6.09. The Bertz CT molecular complexity index is 988. The van der Waals surface area contributed by atoms with E-state index < -0.39 is 9.84 Å². The highest BCUT2D eigenvalue weighted by Gasteiger charge is 2.53. The fraction of sp³-hybridized carbons (Fsp3) is 0.381. The van der Waals surface area contributed by atoms with Gasteiger partial charge in [0, 0.05) is 12.2 Å². The minimum Gasteiger partial charge on any atom is -0.494 e. The van der Waals surface area contributed by atoms with Gasteiger partial charge < -0.3 is 9.64 Å². The third-order valence-electron chi connectivity index (χ3n) is 5.34. The first-order valence-corrected chi connectivity index (χ1v) is 11.3. The molecule has 0 aliphatic carbocycles. The number of carbonyl (C=O) groups excluding carboxylic acids is 1. The zero-order chi connectivity index (χ0) is 19.9. The summed E-state index contributed by atoms with van der Waals surface area (Å²) in [7, 11) is -3.18. The number of carbonyl (C=O) groups is 1. The number of benzene rings is 2. The topological polar surface area (TPSA) is 66.9 Å².